The first kappa shape index (κ1) is 23.8. The van der Waals surface area contributed by atoms with E-state index < -0.39 is 12.6 Å². The van der Waals surface area contributed by atoms with Crippen molar-refractivity contribution in [2.45, 2.75) is 6.54 Å². The van der Waals surface area contributed by atoms with Gasteiger partial charge in [0, 0.05) is 0 Å². The van der Waals surface area contributed by atoms with Gasteiger partial charge in [0.1, 0.15) is 11.5 Å². The number of carbonyl (C=O) groups is 2. The number of para-hydroxylation sites is 1. The Morgan fingerprint density at radius 1 is 1.15 bits per heavy atom. The van der Waals surface area contributed by atoms with Gasteiger partial charge < -0.3 is 14.3 Å². The summed E-state index contributed by atoms with van der Waals surface area (Å²) in [5.74, 6) is -0.0307. The SMILES string of the molecule is O=C(O)COc1c(I)cc(/C=C2\SC(=Nc3ccccc3)N(Cc3ccco3)C2=O)cc1I. The van der Waals surface area contributed by atoms with E-state index >= 15 is 0 Å². The molecule has 1 aromatic heterocycles. The van der Waals surface area contributed by atoms with Crippen molar-refractivity contribution in [1.29, 1.82) is 0 Å². The average molecular weight is 686 g/mol. The van der Waals surface area contributed by atoms with Crippen LogP contribution in [0, 0.1) is 7.14 Å². The number of amidine groups is 1. The Morgan fingerprint density at radius 3 is 2.52 bits per heavy atom. The summed E-state index contributed by atoms with van der Waals surface area (Å²) in [5, 5.41) is 9.44. The van der Waals surface area contributed by atoms with Gasteiger partial charge in [-0.3, -0.25) is 9.69 Å². The van der Waals surface area contributed by atoms with E-state index in [0.717, 1.165) is 18.4 Å². The number of thioether (sulfide) groups is 1. The Bertz CT molecular complexity index is 1220. The zero-order valence-electron chi connectivity index (χ0n) is 16.9. The Kier molecular flexibility index (Phi) is 7.75. The summed E-state index contributed by atoms with van der Waals surface area (Å²) < 4.78 is 12.4. The molecule has 1 aliphatic heterocycles. The molecule has 0 radical (unpaired) electrons. The second kappa shape index (κ2) is 10.7. The maximum absolute atomic E-state index is 13.3. The van der Waals surface area contributed by atoms with E-state index in [4.69, 9.17) is 14.3 Å². The third-order valence-corrected chi connectivity index (χ3v) is 7.03. The van der Waals surface area contributed by atoms with Crippen LogP contribution in [0.15, 0.2) is 75.2 Å². The average Bonchev–Trinajstić information content (AvgIpc) is 3.38. The molecule has 1 saturated heterocycles. The van der Waals surface area contributed by atoms with E-state index in [1.165, 1.54) is 11.8 Å². The van der Waals surface area contributed by atoms with Crippen LogP contribution in [-0.2, 0) is 16.1 Å². The van der Waals surface area contributed by atoms with E-state index in [1.54, 1.807) is 23.3 Å². The molecular weight excluding hydrogens is 670 g/mol. The number of carboxylic acids is 1. The van der Waals surface area contributed by atoms with Crippen molar-refractivity contribution in [1.82, 2.24) is 4.90 Å². The van der Waals surface area contributed by atoms with E-state index in [-0.39, 0.29) is 12.5 Å². The second-order valence-electron chi connectivity index (χ2n) is 6.81. The first-order chi connectivity index (χ1) is 15.9. The van der Waals surface area contributed by atoms with E-state index in [0.29, 0.717) is 21.6 Å². The maximum Gasteiger partial charge on any atom is 0.341 e. The fourth-order valence-electron chi connectivity index (χ4n) is 2.99. The zero-order chi connectivity index (χ0) is 23.4. The molecule has 0 atom stereocenters. The molecule has 1 N–H and O–H groups in total. The molecule has 1 aliphatic rings. The highest BCUT2D eigenvalue weighted by atomic mass is 127. The number of nitrogens with zero attached hydrogens (tertiary/aromatic N) is 2. The van der Waals surface area contributed by atoms with Crippen LogP contribution in [0.1, 0.15) is 11.3 Å². The van der Waals surface area contributed by atoms with Crippen molar-refractivity contribution in [3.05, 3.63) is 84.2 Å². The largest absolute Gasteiger partial charge is 0.480 e. The number of amides is 1. The molecule has 0 aliphatic carbocycles. The van der Waals surface area contributed by atoms with Crippen LogP contribution >= 0.6 is 56.9 Å². The topological polar surface area (TPSA) is 92.3 Å². The van der Waals surface area contributed by atoms with Crippen LogP contribution in [0.4, 0.5) is 5.69 Å². The summed E-state index contributed by atoms with van der Waals surface area (Å²) >= 11 is 5.50. The standard InChI is InChI=1S/C23H16I2N2O5S/c24-17-9-14(10-18(25)21(17)32-13-20(28)29)11-19-22(30)27(12-16-7-4-8-31-16)23(33-19)26-15-5-2-1-3-6-15/h1-11H,12-13H2,(H,28,29)/b19-11-,26-23?. The lowest BCUT2D eigenvalue weighted by atomic mass is 10.2. The lowest BCUT2D eigenvalue weighted by Gasteiger charge is -2.13. The monoisotopic (exact) mass is 686 g/mol. The lowest BCUT2D eigenvalue weighted by molar-refractivity contribution is -0.139. The Balaban J connectivity index is 1.65. The molecule has 0 unspecified atom stereocenters. The van der Waals surface area contributed by atoms with Crippen LogP contribution in [0.2, 0.25) is 0 Å². The van der Waals surface area contributed by atoms with Crippen LogP contribution in [-0.4, -0.2) is 33.7 Å². The van der Waals surface area contributed by atoms with Gasteiger partial charge in [-0.2, -0.15) is 0 Å². The molecule has 10 heteroatoms. The summed E-state index contributed by atoms with van der Waals surface area (Å²) in [6.45, 7) is -0.138. The van der Waals surface area contributed by atoms with Crippen LogP contribution < -0.4 is 4.74 Å². The number of aliphatic imine (C=N–C) groups is 1. The number of carbonyl (C=O) groups excluding carboxylic acids is 1. The Labute approximate surface area is 221 Å². The molecule has 0 saturated carbocycles. The molecule has 1 amide bonds. The molecule has 2 heterocycles. The highest BCUT2D eigenvalue weighted by Crippen LogP contribution is 2.36. The summed E-state index contributed by atoms with van der Waals surface area (Å²) in [7, 11) is 0. The first-order valence-corrected chi connectivity index (χ1v) is 12.6. The number of furan rings is 1. The van der Waals surface area contributed by atoms with Crippen molar-refractivity contribution in [2.24, 2.45) is 4.99 Å². The summed E-state index contributed by atoms with van der Waals surface area (Å²) in [6.07, 6.45) is 3.38. The van der Waals surface area contributed by atoms with Crippen molar-refractivity contribution < 1.29 is 23.8 Å². The highest BCUT2D eigenvalue weighted by Gasteiger charge is 2.34. The zero-order valence-corrected chi connectivity index (χ0v) is 22.0. The first-order valence-electron chi connectivity index (χ1n) is 9.62. The quantitative estimate of drug-likeness (QED) is 0.251. The molecule has 0 bridgehead atoms. The fraction of sp³-hybridized carbons (Fsp3) is 0.0870. The second-order valence-corrected chi connectivity index (χ2v) is 10.1. The molecule has 2 aromatic carbocycles. The fourth-order valence-corrected chi connectivity index (χ4v) is 6.11. The van der Waals surface area contributed by atoms with Gasteiger partial charge in [-0.1, -0.05) is 18.2 Å². The van der Waals surface area contributed by atoms with E-state index in [2.05, 4.69) is 50.2 Å². The van der Waals surface area contributed by atoms with Crippen LogP contribution in [0.25, 0.3) is 6.08 Å². The molecular formula is C23H16I2N2O5S. The van der Waals surface area contributed by atoms with Gasteiger partial charge in [-0.05, 0) is 105 Å². The number of hydrogen-bond acceptors (Lipinski definition) is 6. The predicted molar refractivity (Wildman–Crippen MR) is 143 cm³/mol. The van der Waals surface area contributed by atoms with Crippen molar-refractivity contribution in [3.63, 3.8) is 0 Å². The minimum Gasteiger partial charge on any atom is -0.480 e. The van der Waals surface area contributed by atoms with Crippen molar-refractivity contribution in [3.8, 4) is 5.75 Å². The number of halogens is 2. The molecule has 7 nitrogen and oxygen atoms in total. The van der Waals surface area contributed by atoms with Gasteiger partial charge in [0.2, 0.25) is 0 Å². The molecule has 3 aromatic rings. The number of benzene rings is 2. The van der Waals surface area contributed by atoms with Crippen molar-refractivity contribution >= 4 is 85.8 Å². The summed E-state index contributed by atoms with van der Waals surface area (Å²) in [6, 6.07) is 16.8. The third kappa shape index (κ3) is 5.98. The van der Waals surface area contributed by atoms with E-state index in [1.807, 2.05) is 48.5 Å². The normalized spacial score (nSPS) is 16.1. The smallest absolute Gasteiger partial charge is 0.341 e. The minimum atomic E-state index is -1.04. The highest BCUT2D eigenvalue weighted by molar-refractivity contribution is 14.1. The maximum atomic E-state index is 13.3. The van der Waals surface area contributed by atoms with Gasteiger partial charge in [-0.15, -0.1) is 0 Å². The number of ether oxygens (including phenoxy) is 1. The van der Waals surface area contributed by atoms with Gasteiger partial charge in [-0.25, -0.2) is 9.79 Å². The molecule has 33 heavy (non-hydrogen) atoms. The van der Waals surface area contributed by atoms with Gasteiger partial charge in [0.05, 0.1) is 30.5 Å². The van der Waals surface area contributed by atoms with Crippen LogP contribution in [0.5, 0.6) is 5.75 Å². The molecule has 4 rings (SSSR count). The summed E-state index contributed by atoms with van der Waals surface area (Å²) in [4.78, 5) is 30.9. The Hall–Kier alpha value is -2.32. The number of rotatable bonds is 7. The lowest BCUT2D eigenvalue weighted by Crippen LogP contribution is -2.28. The molecule has 1 fully saturated rings. The van der Waals surface area contributed by atoms with Gasteiger partial charge in [0.25, 0.3) is 5.91 Å². The third-order valence-electron chi connectivity index (χ3n) is 4.42. The van der Waals surface area contributed by atoms with Gasteiger partial charge in [0.15, 0.2) is 11.8 Å². The number of carboxylic acid groups (broad SMARTS) is 1. The van der Waals surface area contributed by atoms with Gasteiger partial charge >= 0.3 is 5.97 Å². The number of aliphatic carboxylic acids is 1. The van der Waals surface area contributed by atoms with Crippen LogP contribution in [0.3, 0.4) is 0 Å². The molecule has 0 spiro atoms. The minimum absolute atomic E-state index is 0.165. The summed E-state index contributed by atoms with van der Waals surface area (Å²) in [5.41, 5.74) is 1.56. The number of hydrogen-bond donors (Lipinski definition) is 1. The predicted octanol–water partition coefficient (Wildman–Crippen LogP) is 5.76. The Morgan fingerprint density at radius 2 is 1.88 bits per heavy atom. The van der Waals surface area contributed by atoms with E-state index in [9.17, 15) is 9.59 Å². The molecule has 168 valence electrons. The van der Waals surface area contributed by atoms with Crippen molar-refractivity contribution in [2.75, 3.05) is 6.61 Å².